The Morgan fingerprint density at radius 3 is 2.67 bits per heavy atom. The summed E-state index contributed by atoms with van der Waals surface area (Å²) in [5.74, 6) is 0.294. The van der Waals surface area contributed by atoms with Crippen LogP contribution in [0.3, 0.4) is 0 Å². The van der Waals surface area contributed by atoms with E-state index in [2.05, 4.69) is 5.32 Å². The lowest BCUT2D eigenvalue weighted by Gasteiger charge is -2.16. The zero-order chi connectivity index (χ0) is 13.7. The maximum absolute atomic E-state index is 11.4. The third-order valence-corrected chi connectivity index (χ3v) is 2.77. The van der Waals surface area contributed by atoms with E-state index in [4.69, 9.17) is 0 Å². The van der Waals surface area contributed by atoms with Crippen molar-refractivity contribution in [1.29, 1.82) is 0 Å². The highest BCUT2D eigenvalue weighted by atomic mass is 16.3. The average molecular weight is 252 g/mol. The monoisotopic (exact) mass is 252 g/mol. The Morgan fingerprint density at radius 2 is 2.06 bits per heavy atom. The number of benzene rings is 1. The molecule has 0 fully saturated rings. The molecule has 1 amide bonds. The molecule has 1 unspecified atom stereocenters. The van der Waals surface area contributed by atoms with E-state index >= 15 is 0 Å². The van der Waals surface area contributed by atoms with Gasteiger partial charge >= 0.3 is 0 Å². The number of hydrogen-bond acceptors (Lipinski definition) is 4. The number of carbonyl (C=O) groups is 1. The van der Waals surface area contributed by atoms with Crippen LogP contribution >= 0.6 is 0 Å². The van der Waals surface area contributed by atoms with E-state index in [1.807, 2.05) is 6.92 Å². The smallest absolute Gasteiger partial charge is 0.223 e. The number of phenolic OH excluding ortho intramolecular Hbond substituents is 2. The topological polar surface area (TPSA) is 72.8 Å². The summed E-state index contributed by atoms with van der Waals surface area (Å²) in [6.07, 6.45) is 0.400. The lowest BCUT2D eigenvalue weighted by atomic mass is 10.1. The van der Waals surface area contributed by atoms with Crippen LogP contribution in [0.4, 0.5) is 0 Å². The molecule has 0 aromatic heterocycles. The van der Waals surface area contributed by atoms with Crippen LogP contribution in [0.1, 0.15) is 24.9 Å². The summed E-state index contributed by atoms with van der Waals surface area (Å²) in [6.45, 7) is 2.39. The van der Waals surface area contributed by atoms with Crippen LogP contribution in [0.5, 0.6) is 11.5 Å². The summed E-state index contributed by atoms with van der Waals surface area (Å²) in [5, 5.41) is 22.2. The highest BCUT2D eigenvalue weighted by Gasteiger charge is 2.11. The fourth-order valence-electron chi connectivity index (χ4n) is 1.62. The molecule has 1 aromatic carbocycles. The Labute approximate surface area is 107 Å². The highest BCUT2D eigenvalue weighted by Crippen LogP contribution is 2.27. The van der Waals surface area contributed by atoms with Gasteiger partial charge in [-0.25, -0.2) is 0 Å². The van der Waals surface area contributed by atoms with Crippen molar-refractivity contribution in [2.24, 2.45) is 0 Å². The van der Waals surface area contributed by atoms with Gasteiger partial charge in [0.2, 0.25) is 5.91 Å². The van der Waals surface area contributed by atoms with Gasteiger partial charge in [-0.2, -0.15) is 0 Å². The predicted molar refractivity (Wildman–Crippen MR) is 69.5 cm³/mol. The largest absolute Gasteiger partial charge is 0.508 e. The van der Waals surface area contributed by atoms with Gasteiger partial charge in [-0.15, -0.1) is 0 Å². The standard InChI is InChI=1S/C13H20N2O3/c1-9(14-7-6-13(18)15(2)3)11-8-10(16)4-5-12(11)17/h4-5,8-9,14,16-17H,6-7H2,1-3H3. The number of nitrogens with one attached hydrogen (secondary N) is 1. The molecule has 5 heteroatoms. The maximum Gasteiger partial charge on any atom is 0.223 e. The van der Waals surface area contributed by atoms with E-state index in [0.29, 0.717) is 18.5 Å². The van der Waals surface area contributed by atoms with Crippen LogP contribution in [0.2, 0.25) is 0 Å². The Bertz CT molecular complexity index is 419. The normalized spacial score (nSPS) is 12.2. The van der Waals surface area contributed by atoms with Crippen molar-refractivity contribution in [2.45, 2.75) is 19.4 Å². The van der Waals surface area contributed by atoms with Gasteiger partial charge in [0, 0.05) is 38.7 Å². The van der Waals surface area contributed by atoms with Gasteiger partial charge in [-0.05, 0) is 25.1 Å². The van der Waals surface area contributed by atoms with E-state index < -0.39 is 0 Å². The van der Waals surface area contributed by atoms with Crippen LogP contribution in [-0.4, -0.2) is 41.7 Å². The molecule has 0 aliphatic rings. The second kappa shape index (κ2) is 6.26. The summed E-state index contributed by atoms with van der Waals surface area (Å²) < 4.78 is 0. The molecule has 0 heterocycles. The first-order chi connectivity index (χ1) is 8.41. The molecular weight excluding hydrogens is 232 g/mol. The van der Waals surface area contributed by atoms with Gasteiger partial charge < -0.3 is 20.4 Å². The molecule has 1 aromatic rings. The van der Waals surface area contributed by atoms with Crippen LogP contribution in [0, 0.1) is 0 Å². The second-order valence-electron chi connectivity index (χ2n) is 4.46. The number of rotatable bonds is 5. The Hall–Kier alpha value is -1.75. The number of nitrogens with zero attached hydrogens (tertiary/aromatic N) is 1. The molecule has 0 bridgehead atoms. The van der Waals surface area contributed by atoms with Crippen LogP contribution < -0.4 is 5.32 Å². The summed E-state index contributed by atoms with van der Waals surface area (Å²) in [7, 11) is 3.43. The molecule has 100 valence electrons. The number of carbonyl (C=O) groups excluding carboxylic acids is 1. The molecule has 0 aliphatic heterocycles. The maximum atomic E-state index is 11.4. The van der Waals surface area contributed by atoms with Gasteiger partial charge in [-0.1, -0.05) is 0 Å². The molecule has 1 rings (SSSR count). The summed E-state index contributed by atoms with van der Waals surface area (Å²) in [5.41, 5.74) is 0.618. The Kier molecular flexibility index (Phi) is 4.97. The molecule has 1 atom stereocenters. The van der Waals surface area contributed by atoms with Gasteiger partial charge in [0.25, 0.3) is 0 Å². The number of amides is 1. The molecule has 5 nitrogen and oxygen atoms in total. The minimum Gasteiger partial charge on any atom is -0.508 e. The molecule has 18 heavy (non-hydrogen) atoms. The van der Waals surface area contributed by atoms with Crippen molar-refractivity contribution in [3.8, 4) is 11.5 Å². The van der Waals surface area contributed by atoms with Crippen molar-refractivity contribution in [3.63, 3.8) is 0 Å². The first-order valence-electron chi connectivity index (χ1n) is 5.87. The van der Waals surface area contributed by atoms with Gasteiger partial charge in [0.1, 0.15) is 11.5 Å². The molecule has 3 N–H and O–H groups in total. The summed E-state index contributed by atoms with van der Waals surface area (Å²) in [4.78, 5) is 12.9. The van der Waals surface area contributed by atoms with Gasteiger partial charge in [0.05, 0.1) is 0 Å². The zero-order valence-corrected chi connectivity index (χ0v) is 11.0. The van der Waals surface area contributed by atoms with E-state index in [1.165, 1.54) is 23.1 Å². The lowest BCUT2D eigenvalue weighted by molar-refractivity contribution is -0.128. The first-order valence-corrected chi connectivity index (χ1v) is 5.87. The van der Waals surface area contributed by atoms with Crippen molar-refractivity contribution in [1.82, 2.24) is 10.2 Å². The third-order valence-electron chi connectivity index (χ3n) is 2.77. The minimum absolute atomic E-state index is 0.0508. The highest BCUT2D eigenvalue weighted by molar-refractivity contribution is 5.75. The van der Waals surface area contributed by atoms with E-state index in [0.717, 1.165) is 0 Å². The molecular formula is C13H20N2O3. The SMILES string of the molecule is CC(NCCC(=O)N(C)C)c1cc(O)ccc1O. The summed E-state index contributed by atoms with van der Waals surface area (Å²) in [6, 6.07) is 4.27. The average Bonchev–Trinajstić information content (AvgIpc) is 2.31. The fraction of sp³-hybridized carbons (Fsp3) is 0.462. The van der Waals surface area contributed by atoms with E-state index in [9.17, 15) is 15.0 Å². The van der Waals surface area contributed by atoms with Crippen molar-refractivity contribution >= 4 is 5.91 Å². The number of hydrogen-bond donors (Lipinski definition) is 3. The van der Waals surface area contributed by atoms with Crippen molar-refractivity contribution in [3.05, 3.63) is 23.8 Å². The Morgan fingerprint density at radius 1 is 1.39 bits per heavy atom. The molecule has 0 aliphatic carbocycles. The van der Waals surface area contributed by atoms with E-state index in [-0.39, 0.29) is 23.4 Å². The van der Waals surface area contributed by atoms with Gasteiger partial charge in [-0.3, -0.25) is 4.79 Å². The van der Waals surface area contributed by atoms with E-state index in [1.54, 1.807) is 14.1 Å². The first kappa shape index (κ1) is 14.3. The zero-order valence-electron chi connectivity index (χ0n) is 11.0. The number of aromatic hydroxyl groups is 2. The molecule has 0 radical (unpaired) electrons. The quantitative estimate of drug-likeness (QED) is 0.689. The lowest BCUT2D eigenvalue weighted by Crippen LogP contribution is -2.28. The second-order valence-corrected chi connectivity index (χ2v) is 4.46. The van der Waals surface area contributed by atoms with Crippen LogP contribution in [0.25, 0.3) is 0 Å². The molecule has 0 saturated heterocycles. The van der Waals surface area contributed by atoms with Crippen LogP contribution in [0.15, 0.2) is 18.2 Å². The third kappa shape index (κ3) is 3.92. The number of phenols is 2. The van der Waals surface area contributed by atoms with Crippen molar-refractivity contribution in [2.75, 3.05) is 20.6 Å². The van der Waals surface area contributed by atoms with Crippen molar-refractivity contribution < 1.29 is 15.0 Å². The van der Waals surface area contributed by atoms with Crippen LogP contribution in [-0.2, 0) is 4.79 Å². The van der Waals surface area contributed by atoms with Gasteiger partial charge in [0.15, 0.2) is 0 Å². The predicted octanol–water partition coefficient (Wildman–Crippen LogP) is 1.23. The minimum atomic E-state index is -0.132. The molecule has 0 spiro atoms. The fourth-order valence-corrected chi connectivity index (χ4v) is 1.62. The molecule has 0 saturated carbocycles. The Balaban J connectivity index is 2.53. The summed E-state index contributed by atoms with van der Waals surface area (Å²) >= 11 is 0.